The van der Waals surface area contributed by atoms with Gasteiger partial charge in [0, 0.05) is 19.3 Å². The van der Waals surface area contributed by atoms with Crippen LogP contribution in [-0.2, 0) is 10.0 Å². The molecule has 0 radical (unpaired) electrons. The second-order valence-corrected chi connectivity index (χ2v) is 5.47. The first kappa shape index (κ1) is 14.6. The van der Waals surface area contributed by atoms with Gasteiger partial charge in [-0.1, -0.05) is 6.92 Å². The second-order valence-electron chi connectivity index (χ2n) is 3.56. The maximum Gasteiger partial charge on any atom is 0.325 e. The molecule has 0 bridgehead atoms. The van der Waals surface area contributed by atoms with Gasteiger partial charge in [-0.2, -0.15) is 4.31 Å². The Balaban J connectivity index is 3.26. The molecule has 3 N–H and O–H groups in total. The smallest absolute Gasteiger partial charge is 0.325 e. The number of rotatable bonds is 6. The zero-order valence-electron chi connectivity index (χ0n) is 9.84. The van der Waals surface area contributed by atoms with E-state index in [4.69, 9.17) is 5.11 Å². The van der Waals surface area contributed by atoms with E-state index in [1.54, 1.807) is 6.92 Å². The monoisotopic (exact) mass is 277 g/mol. The second kappa shape index (κ2) is 5.94. The number of aliphatic hydroxyl groups is 1. The minimum Gasteiger partial charge on any atom is -0.395 e. The van der Waals surface area contributed by atoms with Crippen LogP contribution in [0.15, 0.2) is 20.7 Å². The van der Waals surface area contributed by atoms with Crippen molar-refractivity contribution in [1.29, 1.82) is 0 Å². The largest absolute Gasteiger partial charge is 0.395 e. The van der Waals surface area contributed by atoms with Crippen molar-refractivity contribution in [3.63, 3.8) is 0 Å². The Hall–Kier alpha value is -1.45. The number of hydrogen-bond acceptors (Lipinski definition) is 5. The Morgan fingerprint density at radius 2 is 2.00 bits per heavy atom. The number of H-pyrrole nitrogens is 2. The summed E-state index contributed by atoms with van der Waals surface area (Å²) in [7, 11) is -4.01. The fourth-order valence-electron chi connectivity index (χ4n) is 1.44. The first-order valence-electron chi connectivity index (χ1n) is 5.36. The number of sulfonamides is 1. The summed E-state index contributed by atoms with van der Waals surface area (Å²) in [6.45, 7) is 1.51. The van der Waals surface area contributed by atoms with Gasteiger partial charge in [0.2, 0.25) is 10.0 Å². The van der Waals surface area contributed by atoms with Crippen molar-refractivity contribution < 1.29 is 13.5 Å². The molecule has 0 amide bonds. The van der Waals surface area contributed by atoms with Crippen molar-refractivity contribution in [3.05, 3.63) is 27.0 Å². The van der Waals surface area contributed by atoms with Crippen LogP contribution in [0.25, 0.3) is 0 Å². The quantitative estimate of drug-likeness (QED) is 0.581. The maximum atomic E-state index is 12.1. The minimum absolute atomic E-state index is 0.102. The normalized spacial score (nSPS) is 11.9. The summed E-state index contributed by atoms with van der Waals surface area (Å²) in [5.74, 6) is 0. The molecule has 0 aliphatic rings. The topological polar surface area (TPSA) is 123 Å². The van der Waals surface area contributed by atoms with Gasteiger partial charge < -0.3 is 10.1 Å². The fourth-order valence-corrected chi connectivity index (χ4v) is 2.96. The third kappa shape index (κ3) is 3.06. The van der Waals surface area contributed by atoms with E-state index in [0.717, 1.165) is 10.5 Å². The van der Waals surface area contributed by atoms with E-state index in [9.17, 15) is 18.0 Å². The van der Waals surface area contributed by atoms with Crippen molar-refractivity contribution in [3.8, 4) is 0 Å². The lowest BCUT2D eigenvalue weighted by Crippen LogP contribution is -2.38. The maximum absolute atomic E-state index is 12.1. The summed E-state index contributed by atoms with van der Waals surface area (Å²) in [5, 5.41) is 8.84. The van der Waals surface area contributed by atoms with Gasteiger partial charge in [-0.3, -0.25) is 9.78 Å². The van der Waals surface area contributed by atoms with Crippen LogP contribution in [0.5, 0.6) is 0 Å². The van der Waals surface area contributed by atoms with Crippen LogP contribution < -0.4 is 11.2 Å². The number of nitrogens with one attached hydrogen (secondary N) is 2. The molecular weight excluding hydrogens is 262 g/mol. The van der Waals surface area contributed by atoms with Crippen molar-refractivity contribution in [2.24, 2.45) is 0 Å². The molecule has 0 spiro atoms. The highest BCUT2D eigenvalue weighted by molar-refractivity contribution is 7.89. The van der Waals surface area contributed by atoms with Crippen LogP contribution in [0.3, 0.4) is 0 Å². The van der Waals surface area contributed by atoms with E-state index >= 15 is 0 Å². The Labute approximate surface area is 103 Å². The highest BCUT2D eigenvalue weighted by atomic mass is 32.2. The zero-order chi connectivity index (χ0) is 13.8. The van der Waals surface area contributed by atoms with Crippen molar-refractivity contribution in [2.75, 3.05) is 19.7 Å². The molecule has 1 heterocycles. The summed E-state index contributed by atoms with van der Waals surface area (Å²) >= 11 is 0. The Bertz CT molecular complexity index is 597. The van der Waals surface area contributed by atoms with Crippen molar-refractivity contribution >= 4 is 10.0 Å². The number of hydrogen-bond donors (Lipinski definition) is 3. The van der Waals surface area contributed by atoms with Gasteiger partial charge in [0.05, 0.1) is 6.61 Å². The fraction of sp³-hybridized carbons (Fsp3) is 0.556. The van der Waals surface area contributed by atoms with Crippen LogP contribution in [-0.4, -0.2) is 47.5 Å². The summed E-state index contributed by atoms with van der Waals surface area (Å²) in [4.78, 5) is 25.7. The van der Waals surface area contributed by atoms with Gasteiger partial charge in [-0.25, -0.2) is 13.2 Å². The predicted molar refractivity (Wildman–Crippen MR) is 63.8 cm³/mol. The van der Waals surface area contributed by atoms with Gasteiger partial charge in [0.1, 0.15) is 0 Å². The van der Waals surface area contributed by atoms with Crippen LogP contribution in [0, 0.1) is 0 Å². The summed E-state index contributed by atoms with van der Waals surface area (Å²) < 4.78 is 25.2. The van der Waals surface area contributed by atoms with E-state index in [-0.39, 0.29) is 19.7 Å². The molecule has 9 heteroatoms. The van der Waals surface area contributed by atoms with Crippen LogP contribution >= 0.6 is 0 Å². The van der Waals surface area contributed by atoms with Gasteiger partial charge in [-0.05, 0) is 6.42 Å². The molecule has 0 saturated carbocycles. The highest BCUT2D eigenvalue weighted by Crippen LogP contribution is 2.09. The number of aromatic nitrogens is 2. The molecule has 18 heavy (non-hydrogen) atoms. The van der Waals surface area contributed by atoms with E-state index in [1.165, 1.54) is 0 Å². The van der Waals surface area contributed by atoms with E-state index in [2.05, 4.69) is 4.98 Å². The van der Waals surface area contributed by atoms with Crippen molar-refractivity contribution in [2.45, 2.75) is 18.2 Å². The first-order valence-corrected chi connectivity index (χ1v) is 6.80. The molecule has 0 unspecified atom stereocenters. The molecule has 0 aliphatic carbocycles. The third-order valence-corrected chi connectivity index (χ3v) is 4.13. The molecule has 0 saturated heterocycles. The number of aliphatic hydroxyl groups excluding tert-OH is 1. The molecule has 102 valence electrons. The molecule has 0 fully saturated rings. The van der Waals surface area contributed by atoms with Crippen LogP contribution in [0.1, 0.15) is 13.3 Å². The Morgan fingerprint density at radius 1 is 1.33 bits per heavy atom. The van der Waals surface area contributed by atoms with Crippen molar-refractivity contribution in [1.82, 2.24) is 14.3 Å². The van der Waals surface area contributed by atoms with E-state index in [0.29, 0.717) is 6.42 Å². The van der Waals surface area contributed by atoms with E-state index < -0.39 is 26.2 Å². The lowest BCUT2D eigenvalue weighted by molar-refractivity contribution is 0.253. The third-order valence-electron chi connectivity index (χ3n) is 2.23. The molecule has 1 aromatic rings. The van der Waals surface area contributed by atoms with Gasteiger partial charge in [0.25, 0.3) is 5.56 Å². The van der Waals surface area contributed by atoms with Crippen LogP contribution in [0.2, 0.25) is 0 Å². The average molecular weight is 277 g/mol. The first-order chi connectivity index (χ1) is 8.43. The molecule has 0 aliphatic heterocycles. The molecule has 1 rings (SSSR count). The summed E-state index contributed by atoms with van der Waals surface area (Å²) in [5.41, 5.74) is -1.75. The van der Waals surface area contributed by atoms with E-state index in [1.807, 2.05) is 4.98 Å². The number of aromatic amines is 2. The molecule has 0 aromatic carbocycles. The van der Waals surface area contributed by atoms with Crippen LogP contribution in [0.4, 0.5) is 0 Å². The summed E-state index contributed by atoms with van der Waals surface area (Å²) in [6.07, 6.45) is 1.40. The summed E-state index contributed by atoms with van der Waals surface area (Å²) in [6, 6.07) is 0. The lowest BCUT2D eigenvalue weighted by atomic mass is 10.5. The molecule has 1 aromatic heterocycles. The van der Waals surface area contributed by atoms with Gasteiger partial charge in [0.15, 0.2) is 4.90 Å². The van der Waals surface area contributed by atoms with Gasteiger partial charge >= 0.3 is 5.69 Å². The molecule has 8 nitrogen and oxygen atoms in total. The predicted octanol–water partition coefficient (Wildman–Crippen LogP) is -1.54. The highest BCUT2D eigenvalue weighted by Gasteiger charge is 2.26. The number of nitrogens with zero attached hydrogens (tertiary/aromatic N) is 1. The lowest BCUT2D eigenvalue weighted by Gasteiger charge is -2.19. The molecular formula is C9H15N3O5S. The standard InChI is InChI=1S/C9H15N3O5S/c1-2-3-12(4-5-13)18(16,17)7-6-10-9(15)11-8(7)14/h6,13H,2-5H2,1H3,(H2,10,11,14,15). The zero-order valence-corrected chi connectivity index (χ0v) is 10.7. The minimum atomic E-state index is -4.01. The molecule has 0 atom stereocenters. The van der Waals surface area contributed by atoms with Gasteiger partial charge in [-0.15, -0.1) is 0 Å². The Kier molecular flexibility index (Phi) is 4.82. The average Bonchev–Trinajstić information content (AvgIpc) is 2.28. The Morgan fingerprint density at radius 3 is 2.50 bits per heavy atom. The SMILES string of the molecule is CCCN(CCO)S(=O)(=O)c1c[nH]c(=O)[nH]c1=O.